The third kappa shape index (κ3) is 18.9. The van der Waals surface area contributed by atoms with E-state index in [0.29, 0.717) is 6.42 Å². The van der Waals surface area contributed by atoms with Gasteiger partial charge in [0.2, 0.25) is 0 Å². The average molecular weight is 315 g/mol. The molecule has 5 heteroatoms. The summed E-state index contributed by atoms with van der Waals surface area (Å²) in [4.78, 5) is 20.7. The van der Waals surface area contributed by atoms with Gasteiger partial charge in [-0.25, -0.2) is 0 Å². The van der Waals surface area contributed by atoms with Gasteiger partial charge in [-0.05, 0) is 38.8 Å². The molecule has 0 aromatic heterocycles. The van der Waals surface area contributed by atoms with Gasteiger partial charge >= 0.3 is 11.9 Å². The van der Waals surface area contributed by atoms with Crippen LogP contribution in [0.3, 0.4) is 0 Å². The largest absolute Gasteiger partial charge is 0.481 e. The van der Waals surface area contributed by atoms with Crippen molar-refractivity contribution in [2.45, 2.75) is 83.5 Å². The molecule has 3 N–H and O–H groups in total. The Balaban J connectivity index is 2.99. The summed E-state index contributed by atoms with van der Waals surface area (Å²) >= 11 is 0. The molecule has 0 aliphatic carbocycles. The lowest BCUT2D eigenvalue weighted by atomic mass is 10.1. The maximum absolute atomic E-state index is 10.3. The minimum atomic E-state index is -0.699. The van der Waals surface area contributed by atoms with Gasteiger partial charge in [0, 0.05) is 12.8 Å². The van der Waals surface area contributed by atoms with Gasteiger partial charge in [0.05, 0.1) is 0 Å². The Morgan fingerprint density at radius 1 is 0.545 bits per heavy atom. The fourth-order valence-corrected chi connectivity index (χ4v) is 2.41. The molecular formula is C17H33NO4. The summed E-state index contributed by atoms with van der Waals surface area (Å²) in [5.74, 6) is -1.38. The van der Waals surface area contributed by atoms with Crippen molar-refractivity contribution in [3.8, 4) is 0 Å². The van der Waals surface area contributed by atoms with Gasteiger partial charge in [-0.15, -0.1) is 0 Å². The van der Waals surface area contributed by atoms with Crippen molar-refractivity contribution >= 4 is 11.9 Å². The number of carboxylic acid groups (broad SMARTS) is 2. The Kier molecular flexibility index (Phi) is 15.5. The van der Waals surface area contributed by atoms with Crippen LogP contribution in [-0.4, -0.2) is 35.2 Å². The number of carbonyl (C=O) groups is 2. The van der Waals surface area contributed by atoms with Gasteiger partial charge < -0.3 is 15.5 Å². The first-order valence-corrected chi connectivity index (χ1v) is 8.77. The van der Waals surface area contributed by atoms with E-state index in [0.717, 1.165) is 51.6 Å². The van der Waals surface area contributed by atoms with Gasteiger partial charge in [-0.1, -0.05) is 44.9 Å². The number of rotatable bonds is 17. The molecule has 0 unspecified atom stereocenters. The summed E-state index contributed by atoms with van der Waals surface area (Å²) in [6.07, 6.45) is 12.6. The predicted octanol–water partition coefficient (Wildman–Crippen LogP) is 3.82. The predicted molar refractivity (Wildman–Crippen MR) is 88.2 cm³/mol. The summed E-state index contributed by atoms with van der Waals surface area (Å²) in [7, 11) is 0. The van der Waals surface area contributed by atoms with Crippen LogP contribution in [0.4, 0.5) is 0 Å². The first-order valence-electron chi connectivity index (χ1n) is 8.77. The lowest BCUT2D eigenvalue weighted by molar-refractivity contribution is -0.138. The lowest BCUT2D eigenvalue weighted by Gasteiger charge is -2.05. The van der Waals surface area contributed by atoms with Gasteiger partial charge in [0.25, 0.3) is 0 Å². The highest BCUT2D eigenvalue weighted by molar-refractivity contribution is 5.66. The first kappa shape index (κ1) is 20.9. The van der Waals surface area contributed by atoms with Gasteiger partial charge in [0.15, 0.2) is 0 Å². The van der Waals surface area contributed by atoms with Gasteiger partial charge in [-0.3, -0.25) is 9.59 Å². The summed E-state index contributed by atoms with van der Waals surface area (Å²) in [5.41, 5.74) is 0. The quantitative estimate of drug-likeness (QED) is 0.355. The van der Waals surface area contributed by atoms with Crippen LogP contribution >= 0.6 is 0 Å². The zero-order valence-corrected chi connectivity index (χ0v) is 13.8. The number of unbranched alkanes of at least 4 members (excludes halogenated alkanes) is 9. The van der Waals surface area contributed by atoms with E-state index >= 15 is 0 Å². The Morgan fingerprint density at radius 2 is 0.864 bits per heavy atom. The zero-order valence-electron chi connectivity index (χ0n) is 13.8. The highest BCUT2D eigenvalue weighted by Crippen LogP contribution is 2.09. The van der Waals surface area contributed by atoms with Crippen LogP contribution in [0.25, 0.3) is 0 Å². The van der Waals surface area contributed by atoms with Gasteiger partial charge in [-0.2, -0.15) is 0 Å². The van der Waals surface area contributed by atoms with Crippen molar-refractivity contribution in [3.63, 3.8) is 0 Å². The molecule has 0 aliphatic heterocycles. The molecule has 0 atom stereocenters. The van der Waals surface area contributed by atoms with E-state index in [4.69, 9.17) is 10.2 Å². The van der Waals surface area contributed by atoms with E-state index in [1.165, 1.54) is 32.1 Å². The van der Waals surface area contributed by atoms with Crippen molar-refractivity contribution in [2.75, 3.05) is 13.1 Å². The molecule has 130 valence electrons. The molecule has 0 radical (unpaired) electrons. The Labute approximate surface area is 134 Å². The fraction of sp³-hybridized carbons (Fsp3) is 0.882. The smallest absolute Gasteiger partial charge is 0.303 e. The molecule has 0 amide bonds. The molecule has 0 aromatic carbocycles. The van der Waals surface area contributed by atoms with E-state index in [1.54, 1.807) is 0 Å². The number of hydrogen-bond donors (Lipinski definition) is 3. The van der Waals surface area contributed by atoms with Crippen molar-refractivity contribution in [1.29, 1.82) is 0 Å². The van der Waals surface area contributed by atoms with Crippen LogP contribution in [0, 0.1) is 0 Å². The third-order valence-electron chi connectivity index (χ3n) is 3.74. The van der Waals surface area contributed by atoms with Crippen LogP contribution in [0.2, 0.25) is 0 Å². The molecule has 0 rings (SSSR count). The summed E-state index contributed by atoms with van der Waals surface area (Å²) in [6, 6.07) is 0. The van der Waals surface area contributed by atoms with Crippen LogP contribution in [0.1, 0.15) is 83.5 Å². The van der Waals surface area contributed by atoms with Crippen molar-refractivity contribution in [2.24, 2.45) is 0 Å². The topological polar surface area (TPSA) is 86.6 Å². The molecule has 0 heterocycles. The number of hydrogen-bond acceptors (Lipinski definition) is 3. The maximum atomic E-state index is 10.3. The molecule has 22 heavy (non-hydrogen) atoms. The third-order valence-corrected chi connectivity index (χ3v) is 3.74. The SMILES string of the molecule is O=C(O)CCCCCCCCCCNCCCCCC(=O)O. The summed E-state index contributed by atoms with van der Waals surface area (Å²) < 4.78 is 0. The Hall–Kier alpha value is -1.10. The molecule has 0 saturated heterocycles. The normalized spacial score (nSPS) is 10.7. The summed E-state index contributed by atoms with van der Waals surface area (Å²) in [6.45, 7) is 2.04. The van der Waals surface area contributed by atoms with Crippen molar-refractivity contribution in [1.82, 2.24) is 5.32 Å². The number of carboxylic acids is 2. The minimum Gasteiger partial charge on any atom is -0.481 e. The van der Waals surface area contributed by atoms with Crippen molar-refractivity contribution < 1.29 is 19.8 Å². The Morgan fingerprint density at radius 3 is 1.27 bits per heavy atom. The van der Waals surface area contributed by atoms with Crippen LogP contribution in [0.15, 0.2) is 0 Å². The average Bonchev–Trinajstić information content (AvgIpc) is 2.46. The fourth-order valence-electron chi connectivity index (χ4n) is 2.41. The highest BCUT2D eigenvalue weighted by Gasteiger charge is 1.97. The first-order chi connectivity index (χ1) is 10.6. The van der Waals surface area contributed by atoms with Crippen LogP contribution in [0.5, 0.6) is 0 Å². The van der Waals surface area contributed by atoms with E-state index in [9.17, 15) is 9.59 Å². The van der Waals surface area contributed by atoms with E-state index < -0.39 is 11.9 Å². The molecule has 0 fully saturated rings. The molecule has 0 aliphatic rings. The highest BCUT2D eigenvalue weighted by atomic mass is 16.4. The number of nitrogens with one attached hydrogen (secondary N) is 1. The molecule has 5 nitrogen and oxygen atoms in total. The lowest BCUT2D eigenvalue weighted by Crippen LogP contribution is -2.16. The molecule has 0 spiro atoms. The van der Waals surface area contributed by atoms with Crippen LogP contribution in [-0.2, 0) is 9.59 Å². The maximum Gasteiger partial charge on any atom is 0.303 e. The molecule has 0 saturated carbocycles. The number of aliphatic carboxylic acids is 2. The monoisotopic (exact) mass is 315 g/mol. The molecular weight excluding hydrogens is 282 g/mol. The van der Waals surface area contributed by atoms with Crippen molar-refractivity contribution in [3.05, 3.63) is 0 Å². The van der Waals surface area contributed by atoms with Crippen LogP contribution < -0.4 is 5.32 Å². The van der Waals surface area contributed by atoms with E-state index in [2.05, 4.69) is 5.32 Å². The Bertz CT molecular complexity index is 254. The second-order valence-electron chi connectivity index (χ2n) is 5.93. The zero-order chi connectivity index (χ0) is 16.5. The molecule has 0 bridgehead atoms. The second kappa shape index (κ2) is 16.3. The van der Waals surface area contributed by atoms with E-state index in [-0.39, 0.29) is 6.42 Å². The van der Waals surface area contributed by atoms with Gasteiger partial charge in [0.1, 0.15) is 0 Å². The molecule has 0 aromatic rings. The minimum absolute atomic E-state index is 0.288. The van der Waals surface area contributed by atoms with E-state index in [1.807, 2.05) is 0 Å². The second-order valence-corrected chi connectivity index (χ2v) is 5.93. The standard InChI is InChI=1S/C17H33NO4/c19-16(20)12-8-5-3-1-2-4-6-10-14-18-15-11-7-9-13-17(21)22/h18H,1-15H2,(H,19,20)(H,21,22). The summed E-state index contributed by atoms with van der Waals surface area (Å²) in [5, 5.41) is 20.4.